The van der Waals surface area contributed by atoms with Gasteiger partial charge in [0, 0.05) is 45.0 Å². The molecule has 0 unspecified atom stereocenters. The highest BCUT2D eigenvalue weighted by Gasteiger charge is 2.51. The monoisotopic (exact) mass is 649 g/mol. The number of nitrogens with one attached hydrogen (secondary N) is 3. The van der Waals surface area contributed by atoms with Gasteiger partial charge < -0.3 is 10.6 Å². The zero-order valence-electron chi connectivity index (χ0n) is 27.1. The lowest BCUT2D eigenvalue weighted by molar-refractivity contribution is -0.182. The van der Waals surface area contributed by atoms with Crippen molar-refractivity contribution in [2.24, 2.45) is 0 Å². The van der Waals surface area contributed by atoms with Crippen LogP contribution >= 0.6 is 0 Å². The number of likely N-dealkylation sites (tertiary alicyclic amines) is 1. The number of aromatic amines is 1. The Labute approximate surface area is 272 Å². The maximum absolute atomic E-state index is 13.3. The van der Waals surface area contributed by atoms with Crippen molar-refractivity contribution in [3.8, 4) is 16.8 Å². The fraction of sp³-hybridized carbons (Fsp3) is 0.471. The predicted octanol–water partition coefficient (Wildman–Crippen LogP) is 4.61. The topological polar surface area (TPSA) is 107 Å². The standard InChI is InChI=1S/C34H42F3N9O/c1-23-18-26(25-6-4-24(5-7-25)21-44-14-10-28(11-15-44)45-16-12-38-13-17-45)8-9-29(23)46-22-27(19-40-46)31(47)39-20-30-41-32(43-42-30)33(2,3)34(35,36)37/h4-9,18-19,22,28,38H,10-17,20-21H2,1-3H3,(H,39,47)(H,41,42,43). The Balaban J connectivity index is 1.02. The molecule has 47 heavy (non-hydrogen) atoms. The Morgan fingerprint density at radius 3 is 2.38 bits per heavy atom. The van der Waals surface area contributed by atoms with Gasteiger partial charge in [0.05, 0.1) is 24.0 Å². The number of piperidine rings is 1. The Hall–Kier alpha value is -4.07. The van der Waals surface area contributed by atoms with Gasteiger partial charge in [0.15, 0.2) is 5.82 Å². The van der Waals surface area contributed by atoms with Crippen LogP contribution in [-0.2, 0) is 18.5 Å². The lowest BCUT2D eigenvalue weighted by Gasteiger charge is -2.40. The number of amides is 1. The largest absolute Gasteiger partial charge is 0.401 e. The average Bonchev–Trinajstić information content (AvgIpc) is 3.75. The number of aryl methyl sites for hydroxylation is 1. The Morgan fingerprint density at radius 1 is 1.00 bits per heavy atom. The van der Waals surface area contributed by atoms with Gasteiger partial charge in [-0.3, -0.25) is 19.7 Å². The number of H-pyrrole nitrogens is 1. The van der Waals surface area contributed by atoms with Crippen molar-refractivity contribution in [3.05, 3.63) is 83.2 Å². The summed E-state index contributed by atoms with van der Waals surface area (Å²) in [5.41, 5.74) is 3.48. The number of nitrogens with zero attached hydrogens (tertiary/aromatic N) is 6. The summed E-state index contributed by atoms with van der Waals surface area (Å²) in [6.07, 6.45) is 1.05. The van der Waals surface area contributed by atoms with Gasteiger partial charge in [-0.1, -0.05) is 30.3 Å². The van der Waals surface area contributed by atoms with Gasteiger partial charge in [-0.05, 0) is 81.1 Å². The van der Waals surface area contributed by atoms with Crippen LogP contribution in [0.3, 0.4) is 0 Å². The summed E-state index contributed by atoms with van der Waals surface area (Å²) in [6.45, 7) is 11.7. The van der Waals surface area contributed by atoms with Crippen molar-refractivity contribution in [2.75, 3.05) is 39.3 Å². The maximum Gasteiger partial charge on any atom is 0.401 e. The summed E-state index contributed by atoms with van der Waals surface area (Å²) in [5, 5.41) is 16.7. The van der Waals surface area contributed by atoms with Crippen molar-refractivity contribution in [2.45, 2.75) is 64.3 Å². The summed E-state index contributed by atoms with van der Waals surface area (Å²) in [7, 11) is 0. The molecule has 6 rings (SSSR count). The molecule has 2 aliphatic heterocycles. The number of aromatic nitrogens is 5. The molecule has 4 heterocycles. The fourth-order valence-electron chi connectivity index (χ4n) is 6.26. The van der Waals surface area contributed by atoms with Gasteiger partial charge in [-0.25, -0.2) is 9.67 Å². The Kier molecular flexibility index (Phi) is 9.49. The minimum absolute atomic E-state index is 0.104. The van der Waals surface area contributed by atoms with E-state index in [-0.39, 0.29) is 18.2 Å². The number of alkyl halides is 3. The van der Waals surface area contributed by atoms with Crippen molar-refractivity contribution >= 4 is 5.91 Å². The summed E-state index contributed by atoms with van der Waals surface area (Å²) >= 11 is 0. The third-order valence-corrected chi connectivity index (χ3v) is 9.42. The van der Waals surface area contributed by atoms with E-state index < -0.39 is 17.5 Å². The molecular formula is C34H42F3N9O. The van der Waals surface area contributed by atoms with E-state index >= 15 is 0 Å². The van der Waals surface area contributed by atoms with E-state index in [0.29, 0.717) is 5.56 Å². The number of rotatable bonds is 9. The van der Waals surface area contributed by atoms with Crippen LogP contribution in [0.4, 0.5) is 13.2 Å². The first-order valence-corrected chi connectivity index (χ1v) is 16.2. The second-order valence-corrected chi connectivity index (χ2v) is 13.1. The fourth-order valence-corrected chi connectivity index (χ4v) is 6.26. The van der Waals surface area contributed by atoms with Crippen molar-refractivity contribution < 1.29 is 18.0 Å². The molecule has 2 fully saturated rings. The van der Waals surface area contributed by atoms with Gasteiger partial charge in [-0.15, -0.1) is 0 Å². The molecule has 0 radical (unpaired) electrons. The van der Waals surface area contributed by atoms with E-state index in [9.17, 15) is 18.0 Å². The summed E-state index contributed by atoms with van der Waals surface area (Å²) in [6, 6.07) is 15.6. The van der Waals surface area contributed by atoms with Crippen LogP contribution < -0.4 is 10.6 Å². The molecule has 0 atom stereocenters. The van der Waals surface area contributed by atoms with Crippen LogP contribution in [0.5, 0.6) is 0 Å². The van der Waals surface area contributed by atoms with Crippen LogP contribution in [0.25, 0.3) is 16.8 Å². The van der Waals surface area contributed by atoms with Crippen molar-refractivity contribution in [3.63, 3.8) is 0 Å². The van der Waals surface area contributed by atoms with E-state index in [0.717, 1.165) is 75.0 Å². The molecule has 2 aromatic heterocycles. The van der Waals surface area contributed by atoms with Crippen LogP contribution in [-0.4, -0.2) is 92.2 Å². The first-order chi connectivity index (χ1) is 22.5. The van der Waals surface area contributed by atoms with E-state index in [1.807, 2.05) is 19.1 Å². The first kappa shape index (κ1) is 32.9. The van der Waals surface area contributed by atoms with Gasteiger partial charge in [0.25, 0.3) is 5.91 Å². The van der Waals surface area contributed by atoms with Gasteiger partial charge in [0.1, 0.15) is 11.2 Å². The molecule has 0 bridgehead atoms. The SMILES string of the molecule is Cc1cc(-c2ccc(CN3CCC(N4CCNCC4)CC3)cc2)ccc1-n1cc(C(=O)NCc2nc(C(C)(C)C(F)(F)F)n[nH]2)cn1. The van der Waals surface area contributed by atoms with Gasteiger partial charge in [0.2, 0.25) is 0 Å². The highest BCUT2D eigenvalue weighted by molar-refractivity contribution is 5.93. The van der Waals surface area contributed by atoms with Crippen molar-refractivity contribution in [1.82, 2.24) is 45.4 Å². The number of piperazine rings is 1. The third-order valence-electron chi connectivity index (χ3n) is 9.42. The first-order valence-electron chi connectivity index (χ1n) is 16.2. The minimum Gasteiger partial charge on any atom is -0.345 e. The molecule has 250 valence electrons. The highest BCUT2D eigenvalue weighted by Crippen LogP contribution is 2.38. The Bertz CT molecular complexity index is 1660. The lowest BCUT2D eigenvalue weighted by atomic mass is 9.92. The smallest absolute Gasteiger partial charge is 0.345 e. The second-order valence-electron chi connectivity index (χ2n) is 13.1. The predicted molar refractivity (Wildman–Crippen MR) is 173 cm³/mol. The average molecular weight is 650 g/mol. The Morgan fingerprint density at radius 2 is 1.70 bits per heavy atom. The number of hydrogen-bond acceptors (Lipinski definition) is 7. The summed E-state index contributed by atoms with van der Waals surface area (Å²) in [4.78, 5) is 21.9. The third kappa shape index (κ3) is 7.42. The number of benzene rings is 2. The van der Waals surface area contributed by atoms with Crippen molar-refractivity contribution in [1.29, 1.82) is 0 Å². The van der Waals surface area contributed by atoms with E-state index in [1.54, 1.807) is 10.9 Å². The zero-order valence-corrected chi connectivity index (χ0v) is 27.1. The summed E-state index contributed by atoms with van der Waals surface area (Å²) < 4.78 is 41.6. The quantitative estimate of drug-likeness (QED) is 0.243. The second kappa shape index (κ2) is 13.6. The van der Waals surface area contributed by atoms with Crippen LogP contribution in [0.2, 0.25) is 0 Å². The molecule has 2 aromatic carbocycles. The molecule has 1 amide bonds. The lowest BCUT2D eigenvalue weighted by Crippen LogP contribution is -2.51. The molecule has 10 nitrogen and oxygen atoms in total. The van der Waals surface area contributed by atoms with Gasteiger partial charge in [-0.2, -0.15) is 23.4 Å². The van der Waals surface area contributed by atoms with Gasteiger partial charge >= 0.3 is 6.18 Å². The number of carbonyl (C=O) groups is 1. The number of hydrogen-bond donors (Lipinski definition) is 3. The summed E-state index contributed by atoms with van der Waals surface area (Å²) in [5.74, 6) is -0.681. The number of carbonyl (C=O) groups excluding carboxylic acids is 1. The highest BCUT2D eigenvalue weighted by atomic mass is 19.4. The molecular weight excluding hydrogens is 607 g/mol. The molecule has 13 heteroatoms. The maximum atomic E-state index is 13.3. The number of halogens is 3. The van der Waals surface area contributed by atoms with Crippen LogP contribution in [0.15, 0.2) is 54.9 Å². The normalized spacial score (nSPS) is 17.2. The van der Waals surface area contributed by atoms with E-state index in [2.05, 4.69) is 71.0 Å². The minimum atomic E-state index is -4.51. The molecule has 4 aromatic rings. The van der Waals surface area contributed by atoms with E-state index in [1.165, 1.54) is 37.7 Å². The molecule has 0 saturated carbocycles. The molecule has 3 N–H and O–H groups in total. The van der Waals surface area contributed by atoms with Crippen LogP contribution in [0.1, 0.15) is 59.8 Å². The van der Waals surface area contributed by atoms with Crippen LogP contribution in [0, 0.1) is 6.92 Å². The molecule has 2 saturated heterocycles. The molecule has 2 aliphatic rings. The zero-order chi connectivity index (χ0) is 33.2. The molecule has 0 spiro atoms. The van der Waals surface area contributed by atoms with E-state index in [4.69, 9.17) is 0 Å². The molecule has 0 aliphatic carbocycles.